The predicted octanol–water partition coefficient (Wildman–Crippen LogP) is 3.39. The van der Waals surface area contributed by atoms with Crippen molar-refractivity contribution in [2.24, 2.45) is 0 Å². The molecule has 0 atom stereocenters. The fourth-order valence-corrected chi connectivity index (χ4v) is 6.19. The molecule has 160 valence electrons. The van der Waals surface area contributed by atoms with Gasteiger partial charge in [-0.3, -0.25) is 0 Å². The maximum absolute atomic E-state index is 13.1. The molecule has 0 radical (unpaired) electrons. The first kappa shape index (κ1) is 20.9. The summed E-state index contributed by atoms with van der Waals surface area (Å²) in [6.07, 6.45) is 1.35. The minimum atomic E-state index is -3.51. The lowest BCUT2D eigenvalue weighted by Gasteiger charge is -2.36. The van der Waals surface area contributed by atoms with Gasteiger partial charge in [0.15, 0.2) is 0 Å². The number of carbonyl (C=O) groups is 1. The van der Waals surface area contributed by atoms with Gasteiger partial charge in [-0.1, -0.05) is 42.5 Å². The highest BCUT2D eigenvalue weighted by molar-refractivity contribution is 7.89. The molecule has 2 heterocycles. The number of benzene rings is 2. The maximum Gasteiger partial charge on any atom is 0.320 e. The lowest BCUT2D eigenvalue weighted by Crippen LogP contribution is -2.48. The van der Waals surface area contributed by atoms with E-state index in [0.717, 1.165) is 16.7 Å². The van der Waals surface area contributed by atoms with Crippen LogP contribution in [0.3, 0.4) is 0 Å². The number of aryl methyl sites for hydroxylation is 2. The van der Waals surface area contributed by atoms with Crippen molar-refractivity contribution in [2.75, 3.05) is 26.2 Å². The number of nitrogens with zero attached hydrogens (tertiary/aromatic N) is 3. The van der Waals surface area contributed by atoms with Gasteiger partial charge in [-0.05, 0) is 49.4 Å². The molecular formula is C23H29N3O3S. The predicted molar refractivity (Wildman–Crippen MR) is 117 cm³/mol. The van der Waals surface area contributed by atoms with Crippen LogP contribution < -0.4 is 0 Å². The second-order valence-electron chi connectivity index (χ2n) is 8.29. The molecule has 2 aliphatic heterocycles. The minimum Gasteiger partial charge on any atom is -0.320 e. The quantitative estimate of drug-likeness (QED) is 0.735. The SMILES string of the molecule is Cc1ccc(C)c(S(=O)(=O)N2CCC(N3CCN(Cc4ccccc4)C3=O)CC2)c1. The molecule has 0 N–H and O–H groups in total. The molecular weight excluding hydrogens is 398 g/mol. The van der Waals surface area contributed by atoms with Crippen LogP contribution in [-0.4, -0.2) is 60.8 Å². The average Bonchev–Trinajstić information content (AvgIpc) is 3.10. The van der Waals surface area contributed by atoms with Crippen LogP contribution in [0, 0.1) is 13.8 Å². The van der Waals surface area contributed by atoms with Gasteiger partial charge in [-0.2, -0.15) is 4.31 Å². The van der Waals surface area contributed by atoms with Crippen LogP contribution in [0.25, 0.3) is 0 Å². The Bertz CT molecular complexity index is 1020. The molecule has 2 saturated heterocycles. The maximum atomic E-state index is 13.1. The molecule has 6 nitrogen and oxygen atoms in total. The van der Waals surface area contributed by atoms with E-state index >= 15 is 0 Å². The third-order valence-electron chi connectivity index (χ3n) is 6.17. The van der Waals surface area contributed by atoms with Gasteiger partial charge in [0.25, 0.3) is 0 Å². The average molecular weight is 428 g/mol. The van der Waals surface area contributed by atoms with E-state index in [1.165, 1.54) is 0 Å². The zero-order chi connectivity index (χ0) is 21.3. The monoisotopic (exact) mass is 427 g/mol. The Morgan fingerprint density at radius 1 is 0.933 bits per heavy atom. The van der Waals surface area contributed by atoms with Crippen molar-refractivity contribution in [1.82, 2.24) is 14.1 Å². The van der Waals surface area contributed by atoms with Crippen LogP contribution >= 0.6 is 0 Å². The first-order valence-electron chi connectivity index (χ1n) is 10.5. The third kappa shape index (κ3) is 4.09. The van der Waals surface area contributed by atoms with Crippen LogP contribution in [0.1, 0.15) is 29.5 Å². The molecule has 7 heteroatoms. The smallest absolute Gasteiger partial charge is 0.320 e. The highest BCUT2D eigenvalue weighted by atomic mass is 32.2. The van der Waals surface area contributed by atoms with Gasteiger partial charge >= 0.3 is 6.03 Å². The molecule has 30 heavy (non-hydrogen) atoms. The van der Waals surface area contributed by atoms with E-state index in [1.807, 2.05) is 66.1 Å². The van der Waals surface area contributed by atoms with Gasteiger partial charge in [0, 0.05) is 38.8 Å². The number of sulfonamides is 1. The van der Waals surface area contributed by atoms with Gasteiger partial charge in [0.1, 0.15) is 0 Å². The Hall–Kier alpha value is -2.38. The Morgan fingerprint density at radius 3 is 2.33 bits per heavy atom. The summed E-state index contributed by atoms with van der Waals surface area (Å²) in [5.74, 6) is 0. The van der Waals surface area contributed by atoms with Gasteiger partial charge in [0.2, 0.25) is 10.0 Å². The van der Waals surface area contributed by atoms with E-state index in [1.54, 1.807) is 10.4 Å². The first-order valence-corrected chi connectivity index (χ1v) is 12.0. The number of rotatable bonds is 5. The van der Waals surface area contributed by atoms with Gasteiger partial charge < -0.3 is 9.80 Å². The molecule has 2 aromatic rings. The highest BCUT2D eigenvalue weighted by Gasteiger charge is 2.37. The summed E-state index contributed by atoms with van der Waals surface area (Å²) in [6, 6.07) is 15.7. The normalized spacial score (nSPS) is 18.9. The number of carbonyl (C=O) groups excluding carboxylic acids is 1. The summed E-state index contributed by atoms with van der Waals surface area (Å²) >= 11 is 0. The first-order chi connectivity index (χ1) is 14.4. The van der Waals surface area contributed by atoms with E-state index in [0.29, 0.717) is 50.5 Å². The van der Waals surface area contributed by atoms with Gasteiger partial charge in [0.05, 0.1) is 4.90 Å². The van der Waals surface area contributed by atoms with Crippen LogP contribution in [0.5, 0.6) is 0 Å². The number of piperidine rings is 1. The molecule has 2 amide bonds. The Morgan fingerprint density at radius 2 is 1.63 bits per heavy atom. The molecule has 2 aromatic carbocycles. The summed E-state index contributed by atoms with van der Waals surface area (Å²) < 4.78 is 27.9. The van der Waals surface area contributed by atoms with Crippen LogP contribution in [0.2, 0.25) is 0 Å². The summed E-state index contributed by atoms with van der Waals surface area (Å²) in [5.41, 5.74) is 2.84. The van der Waals surface area contributed by atoms with E-state index in [9.17, 15) is 13.2 Å². The molecule has 2 fully saturated rings. The number of amides is 2. The van der Waals surface area contributed by atoms with Gasteiger partial charge in [-0.15, -0.1) is 0 Å². The van der Waals surface area contributed by atoms with Crippen LogP contribution in [-0.2, 0) is 16.6 Å². The van der Waals surface area contributed by atoms with Crippen molar-refractivity contribution in [1.29, 1.82) is 0 Å². The Balaban J connectivity index is 1.39. The lowest BCUT2D eigenvalue weighted by atomic mass is 10.1. The number of hydrogen-bond donors (Lipinski definition) is 0. The summed E-state index contributed by atoms with van der Waals surface area (Å²) in [7, 11) is -3.51. The van der Waals surface area contributed by atoms with E-state index in [-0.39, 0.29) is 12.1 Å². The summed E-state index contributed by atoms with van der Waals surface area (Å²) in [4.78, 5) is 17.1. The van der Waals surface area contributed by atoms with Crippen molar-refractivity contribution >= 4 is 16.1 Å². The van der Waals surface area contributed by atoms with Crippen molar-refractivity contribution < 1.29 is 13.2 Å². The topological polar surface area (TPSA) is 60.9 Å². The van der Waals surface area contributed by atoms with Crippen molar-refractivity contribution in [3.63, 3.8) is 0 Å². The molecule has 0 bridgehead atoms. The summed E-state index contributed by atoms with van der Waals surface area (Å²) in [5, 5.41) is 0. The molecule has 0 saturated carbocycles. The second kappa shape index (κ2) is 8.40. The Labute approximate surface area is 179 Å². The largest absolute Gasteiger partial charge is 0.320 e. The van der Waals surface area contributed by atoms with Crippen molar-refractivity contribution in [3.8, 4) is 0 Å². The lowest BCUT2D eigenvalue weighted by molar-refractivity contribution is 0.153. The molecule has 0 aromatic heterocycles. The molecule has 0 spiro atoms. The second-order valence-corrected chi connectivity index (χ2v) is 10.2. The molecule has 4 rings (SSSR count). The molecule has 0 aliphatic carbocycles. The Kier molecular flexibility index (Phi) is 5.84. The number of hydrogen-bond acceptors (Lipinski definition) is 3. The van der Waals surface area contributed by atoms with E-state index in [4.69, 9.17) is 0 Å². The zero-order valence-electron chi connectivity index (χ0n) is 17.6. The standard InChI is InChI=1S/C23H29N3O3S/c1-18-8-9-19(2)22(16-18)30(28,29)25-12-10-21(11-13-25)26-15-14-24(23(26)27)17-20-6-4-3-5-7-20/h3-9,16,21H,10-15,17H2,1-2H3. The minimum absolute atomic E-state index is 0.0645. The fourth-order valence-electron chi connectivity index (χ4n) is 4.41. The third-order valence-corrected chi connectivity index (χ3v) is 8.21. The molecule has 0 unspecified atom stereocenters. The van der Waals surface area contributed by atoms with E-state index < -0.39 is 10.0 Å². The number of urea groups is 1. The zero-order valence-corrected chi connectivity index (χ0v) is 18.4. The van der Waals surface area contributed by atoms with E-state index in [2.05, 4.69) is 0 Å². The highest BCUT2D eigenvalue weighted by Crippen LogP contribution is 2.27. The van der Waals surface area contributed by atoms with Crippen molar-refractivity contribution in [2.45, 2.75) is 44.2 Å². The van der Waals surface area contributed by atoms with Crippen molar-refractivity contribution in [3.05, 3.63) is 65.2 Å². The summed E-state index contributed by atoms with van der Waals surface area (Å²) in [6.45, 7) is 6.69. The van der Waals surface area contributed by atoms with Crippen LogP contribution in [0.4, 0.5) is 4.79 Å². The van der Waals surface area contributed by atoms with Crippen LogP contribution in [0.15, 0.2) is 53.4 Å². The fraction of sp³-hybridized carbons (Fsp3) is 0.435. The van der Waals surface area contributed by atoms with Gasteiger partial charge in [-0.25, -0.2) is 13.2 Å². The molecule has 2 aliphatic rings.